The molecule has 0 radical (unpaired) electrons. The van der Waals surface area contributed by atoms with Crippen molar-refractivity contribution in [2.45, 2.75) is 13.5 Å². The fraction of sp³-hybridized carbons (Fsp3) is 0.267. The molecule has 1 amide bonds. The second-order valence-electron chi connectivity index (χ2n) is 3.93. The first-order chi connectivity index (χ1) is 8.67. The van der Waals surface area contributed by atoms with Crippen LogP contribution in [0.3, 0.4) is 0 Å². The molecule has 0 aromatic heterocycles. The van der Waals surface area contributed by atoms with Gasteiger partial charge in [0.2, 0.25) is 5.91 Å². The van der Waals surface area contributed by atoms with Gasteiger partial charge < -0.3 is 9.64 Å². The van der Waals surface area contributed by atoms with E-state index in [1.807, 2.05) is 43.3 Å². The molecule has 0 aliphatic heterocycles. The normalized spacial score (nSPS) is 11.1. The zero-order valence-corrected chi connectivity index (χ0v) is 11.1. The Kier molecular flexibility index (Phi) is 5.71. The summed E-state index contributed by atoms with van der Waals surface area (Å²) in [6.45, 7) is 2.50. The maximum Gasteiger partial charge on any atom is 0.246 e. The molecule has 3 nitrogen and oxygen atoms in total. The van der Waals surface area contributed by atoms with Crippen LogP contribution in [0, 0.1) is 0 Å². The highest BCUT2D eigenvalue weighted by molar-refractivity contribution is 5.87. The van der Waals surface area contributed by atoms with Gasteiger partial charge in [0.1, 0.15) is 5.75 Å². The van der Waals surface area contributed by atoms with Gasteiger partial charge in [-0.3, -0.25) is 4.79 Å². The minimum Gasteiger partial charge on any atom is -0.497 e. The van der Waals surface area contributed by atoms with Gasteiger partial charge in [-0.1, -0.05) is 30.4 Å². The first-order valence-electron chi connectivity index (χ1n) is 5.84. The Morgan fingerprint density at radius 1 is 1.28 bits per heavy atom. The van der Waals surface area contributed by atoms with E-state index in [0.717, 1.165) is 11.3 Å². The Morgan fingerprint density at radius 3 is 2.50 bits per heavy atom. The molecule has 0 saturated heterocycles. The van der Waals surface area contributed by atoms with Gasteiger partial charge in [-0.25, -0.2) is 0 Å². The summed E-state index contributed by atoms with van der Waals surface area (Å²) in [5.74, 6) is 0.810. The minimum absolute atomic E-state index is 0.0103. The SMILES string of the molecule is C/C=C/C=C/C(=O)N(C)Cc1ccc(OC)cc1. The van der Waals surface area contributed by atoms with Crippen LogP contribution in [0.25, 0.3) is 0 Å². The van der Waals surface area contributed by atoms with Crippen LogP contribution in [0.15, 0.2) is 48.6 Å². The van der Waals surface area contributed by atoms with E-state index in [-0.39, 0.29) is 5.91 Å². The molecule has 1 aromatic carbocycles. The number of nitrogens with zero attached hydrogens (tertiary/aromatic N) is 1. The molecule has 0 N–H and O–H groups in total. The monoisotopic (exact) mass is 245 g/mol. The molecule has 96 valence electrons. The van der Waals surface area contributed by atoms with Crippen molar-refractivity contribution >= 4 is 5.91 Å². The fourth-order valence-electron chi connectivity index (χ4n) is 1.46. The Balaban J connectivity index is 2.57. The summed E-state index contributed by atoms with van der Waals surface area (Å²) in [6.07, 6.45) is 7.02. The van der Waals surface area contributed by atoms with Crippen LogP contribution in [0.1, 0.15) is 12.5 Å². The molecule has 0 spiro atoms. The van der Waals surface area contributed by atoms with Crippen LogP contribution in [0.4, 0.5) is 0 Å². The molecule has 3 heteroatoms. The van der Waals surface area contributed by atoms with Crippen molar-refractivity contribution in [3.05, 3.63) is 54.1 Å². The molecule has 0 saturated carbocycles. The lowest BCUT2D eigenvalue weighted by atomic mass is 10.2. The number of carbonyl (C=O) groups is 1. The first-order valence-corrected chi connectivity index (χ1v) is 5.84. The lowest BCUT2D eigenvalue weighted by Crippen LogP contribution is -2.24. The second kappa shape index (κ2) is 7.33. The number of hydrogen-bond acceptors (Lipinski definition) is 2. The minimum atomic E-state index is -0.0103. The van der Waals surface area contributed by atoms with Gasteiger partial charge in [0, 0.05) is 19.7 Å². The van der Waals surface area contributed by atoms with E-state index in [9.17, 15) is 4.79 Å². The van der Waals surface area contributed by atoms with Crippen molar-refractivity contribution in [2.75, 3.05) is 14.2 Å². The van der Waals surface area contributed by atoms with Crippen molar-refractivity contribution in [1.82, 2.24) is 4.90 Å². The number of rotatable bonds is 5. The van der Waals surface area contributed by atoms with Crippen LogP contribution in [0.5, 0.6) is 5.75 Å². The maximum atomic E-state index is 11.7. The maximum absolute atomic E-state index is 11.7. The molecule has 0 fully saturated rings. The van der Waals surface area contributed by atoms with Crippen molar-refractivity contribution in [3.63, 3.8) is 0 Å². The van der Waals surface area contributed by atoms with E-state index in [0.29, 0.717) is 6.54 Å². The van der Waals surface area contributed by atoms with E-state index in [4.69, 9.17) is 4.74 Å². The molecule has 0 bridgehead atoms. The summed E-state index contributed by atoms with van der Waals surface area (Å²) in [4.78, 5) is 13.4. The predicted molar refractivity (Wildman–Crippen MR) is 73.4 cm³/mol. The first kappa shape index (κ1) is 14.0. The van der Waals surface area contributed by atoms with E-state index < -0.39 is 0 Å². The zero-order valence-electron chi connectivity index (χ0n) is 11.1. The van der Waals surface area contributed by atoms with Crippen LogP contribution in [-0.2, 0) is 11.3 Å². The van der Waals surface area contributed by atoms with E-state index in [1.54, 1.807) is 31.2 Å². The van der Waals surface area contributed by atoms with Gasteiger partial charge in [-0.05, 0) is 24.6 Å². The molecule has 0 aliphatic rings. The highest BCUT2D eigenvalue weighted by atomic mass is 16.5. The largest absolute Gasteiger partial charge is 0.497 e. The van der Waals surface area contributed by atoms with Crippen molar-refractivity contribution in [1.29, 1.82) is 0 Å². The summed E-state index contributed by atoms with van der Waals surface area (Å²) < 4.78 is 5.09. The third-order valence-electron chi connectivity index (χ3n) is 2.50. The fourth-order valence-corrected chi connectivity index (χ4v) is 1.46. The third kappa shape index (κ3) is 4.45. The van der Waals surface area contributed by atoms with E-state index in [2.05, 4.69) is 0 Å². The van der Waals surface area contributed by atoms with Crippen LogP contribution < -0.4 is 4.74 Å². The smallest absolute Gasteiger partial charge is 0.246 e. The number of allylic oxidation sites excluding steroid dienone is 3. The molecule has 0 atom stereocenters. The highest BCUT2D eigenvalue weighted by Gasteiger charge is 2.05. The summed E-state index contributed by atoms with van der Waals surface area (Å²) in [7, 11) is 3.42. The van der Waals surface area contributed by atoms with Crippen LogP contribution >= 0.6 is 0 Å². The number of carbonyl (C=O) groups excluding carboxylic acids is 1. The van der Waals surface area contributed by atoms with Crippen molar-refractivity contribution < 1.29 is 9.53 Å². The van der Waals surface area contributed by atoms with Gasteiger partial charge in [-0.2, -0.15) is 0 Å². The molecule has 0 heterocycles. The average molecular weight is 245 g/mol. The zero-order chi connectivity index (χ0) is 13.4. The third-order valence-corrected chi connectivity index (χ3v) is 2.50. The summed E-state index contributed by atoms with van der Waals surface area (Å²) in [6, 6.07) is 7.70. The number of methoxy groups -OCH3 is 1. The van der Waals surface area contributed by atoms with Crippen molar-refractivity contribution in [2.24, 2.45) is 0 Å². The molecule has 1 rings (SSSR count). The summed E-state index contributed by atoms with van der Waals surface area (Å²) in [5.41, 5.74) is 1.08. The Hall–Kier alpha value is -2.03. The molecule has 0 unspecified atom stereocenters. The lowest BCUT2D eigenvalue weighted by molar-refractivity contribution is -0.125. The summed E-state index contributed by atoms with van der Waals surface area (Å²) in [5, 5.41) is 0. The quantitative estimate of drug-likeness (QED) is 0.589. The Labute approximate surface area is 108 Å². The van der Waals surface area contributed by atoms with Gasteiger partial charge in [-0.15, -0.1) is 0 Å². The molecule has 0 aliphatic carbocycles. The predicted octanol–water partition coefficient (Wildman–Crippen LogP) is 2.79. The van der Waals surface area contributed by atoms with E-state index in [1.165, 1.54) is 0 Å². The topological polar surface area (TPSA) is 29.5 Å². The molecular formula is C15H19NO2. The van der Waals surface area contributed by atoms with Gasteiger partial charge >= 0.3 is 0 Å². The van der Waals surface area contributed by atoms with E-state index >= 15 is 0 Å². The molecule has 18 heavy (non-hydrogen) atoms. The Bertz CT molecular complexity index is 432. The molecular weight excluding hydrogens is 226 g/mol. The van der Waals surface area contributed by atoms with Gasteiger partial charge in [0.05, 0.1) is 7.11 Å². The van der Waals surface area contributed by atoms with Gasteiger partial charge in [0.25, 0.3) is 0 Å². The highest BCUT2D eigenvalue weighted by Crippen LogP contribution is 2.12. The second-order valence-corrected chi connectivity index (χ2v) is 3.93. The number of benzene rings is 1. The average Bonchev–Trinajstić information content (AvgIpc) is 2.39. The molecule has 1 aromatic rings. The van der Waals surface area contributed by atoms with Gasteiger partial charge in [0.15, 0.2) is 0 Å². The Morgan fingerprint density at radius 2 is 1.94 bits per heavy atom. The van der Waals surface area contributed by atoms with Crippen LogP contribution in [-0.4, -0.2) is 25.0 Å². The standard InChI is InChI=1S/C15H19NO2/c1-4-5-6-7-15(17)16(2)12-13-8-10-14(18-3)11-9-13/h4-11H,12H2,1-3H3/b5-4+,7-6+. The van der Waals surface area contributed by atoms with Crippen LogP contribution in [0.2, 0.25) is 0 Å². The van der Waals surface area contributed by atoms with Crippen molar-refractivity contribution in [3.8, 4) is 5.75 Å². The number of hydrogen-bond donors (Lipinski definition) is 0. The number of amides is 1. The number of likely N-dealkylation sites (N-methyl/N-ethyl adjacent to an activating group) is 1. The summed E-state index contributed by atoms with van der Waals surface area (Å²) >= 11 is 0. The lowest BCUT2D eigenvalue weighted by Gasteiger charge is -2.15. The number of ether oxygens (including phenoxy) is 1.